The van der Waals surface area contributed by atoms with Crippen LogP contribution >= 0.6 is 0 Å². The molecule has 0 spiro atoms. The summed E-state index contributed by atoms with van der Waals surface area (Å²) in [6, 6.07) is 8.25. The van der Waals surface area contributed by atoms with Crippen molar-refractivity contribution in [2.45, 2.75) is 0 Å². The van der Waals surface area contributed by atoms with Crippen molar-refractivity contribution in [2.24, 2.45) is 0 Å². The van der Waals surface area contributed by atoms with Crippen LogP contribution in [0.3, 0.4) is 0 Å². The monoisotopic (exact) mass is 155 g/mol. The molecule has 12 heavy (non-hydrogen) atoms. The molecule has 58 valence electrons. The molecular weight excluding hydrogens is 146 g/mol. The average Bonchev–Trinajstić information content (AvgIpc) is 2.51. The van der Waals surface area contributed by atoms with Crippen molar-refractivity contribution in [3.8, 4) is 0 Å². The molecule has 1 heterocycles. The zero-order valence-electron chi connectivity index (χ0n) is 6.67. The van der Waals surface area contributed by atoms with Crippen molar-refractivity contribution >= 4 is 17.0 Å². The number of aromatic nitrogens is 1. The fourth-order valence-corrected chi connectivity index (χ4v) is 1.28. The highest BCUT2D eigenvalue weighted by Gasteiger charge is 1.92. The fourth-order valence-electron chi connectivity index (χ4n) is 1.28. The SMILES string of the molecule is C=C=Cc1ccc2[nH]ccc2c1. The fraction of sp³-hybridized carbons (Fsp3) is 0. The normalized spacial score (nSPS) is 9.67. The van der Waals surface area contributed by atoms with Gasteiger partial charge < -0.3 is 4.98 Å². The highest BCUT2D eigenvalue weighted by Crippen LogP contribution is 2.14. The second-order valence-electron chi connectivity index (χ2n) is 2.67. The van der Waals surface area contributed by atoms with Crippen LogP contribution in [0, 0.1) is 0 Å². The van der Waals surface area contributed by atoms with Crippen LogP contribution in [0.5, 0.6) is 0 Å². The van der Waals surface area contributed by atoms with Gasteiger partial charge in [0, 0.05) is 11.7 Å². The van der Waals surface area contributed by atoms with E-state index in [4.69, 9.17) is 0 Å². The molecule has 0 saturated carbocycles. The number of fused-ring (bicyclic) bond motifs is 1. The molecule has 1 heteroatoms. The molecule has 0 amide bonds. The Kier molecular flexibility index (Phi) is 1.58. The van der Waals surface area contributed by atoms with E-state index in [1.807, 2.05) is 18.3 Å². The van der Waals surface area contributed by atoms with E-state index in [1.165, 1.54) is 5.39 Å². The second kappa shape index (κ2) is 2.72. The first-order valence-electron chi connectivity index (χ1n) is 3.83. The minimum atomic E-state index is 1.14. The average molecular weight is 155 g/mol. The quantitative estimate of drug-likeness (QED) is 0.609. The molecule has 0 bridgehead atoms. The number of aromatic amines is 1. The number of hydrogen-bond acceptors (Lipinski definition) is 0. The largest absolute Gasteiger partial charge is 0.361 e. The third kappa shape index (κ3) is 1.07. The summed E-state index contributed by atoms with van der Waals surface area (Å²) in [5.41, 5.74) is 5.06. The van der Waals surface area contributed by atoms with E-state index in [9.17, 15) is 0 Å². The summed E-state index contributed by atoms with van der Waals surface area (Å²) >= 11 is 0. The van der Waals surface area contributed by atoms with E-state index in [0.717, 1.165) is 11.1 Å². The molecule has 1 N–H and O–H groups in total. The summed E-state index contributed by atoms with van der Waals surface area (Å²) in [5.74, 6) is 0. The standard InChI is InChI=1S/C11H9N/c1-2-3-9-4-5-11-10(8-9)6-7-12-11/h3-8,12H,1H2. The van der Waals surface area contributed by atoms with Crippen molar-refractivity contribution in [1.29, 1.82) is 0 Å². The molecule has 1 aromatic heterocycles. The molecule has 0 atom stereocenters. The Hall–Kier alpha value is -1.72. The molecule has 0 aliphatic rings. The maximum Gasteiger partial charge on any atom is 0.0454 e. The highest BCUT2D eigenvalue weighted by atomic mass is 14.7. The lowest BCUT2D eigenvalue weighted by Gasteiger charge is -1.91. The Morgan fingerprint density at radius 3 is 3.08 bits per heavy atom. The van der Waals surface area contributed by atoms with Crippen molar-refractivity contribution in [2.75, 3.05) is 0 Å². The highest BCUT2D eigenvalue weighted by molar-refractivity contribution is 5.81. The van der Waals surface area contributed by atoms with Gasteiger partial charge in [0.15, 0.2) is 0 Å². The van der Waals surface area contributed by atoms with Gasteiger partial charge in [0.1, 0.15) is 0 Å². The first kappa shape index (κ1) is 6.96. The van der Waals surface area contributed by atoms with Crippen molar-refractivity contribution < 1.29 is 0 Å². The Morgan fingerprint density at radius 1 is 1.33 bits per heavy atom. The van der Waals surface area contributed by atoms with Gasteiger partial charge in [-0.05, 0) is 35.2 Å². The molecule has 1 aromatic carbocycles. The molecule has 0 radical (unpaired) electrons. The molecule has 2 aromatic rings. The van der Waals surface area contributed by atoms with Gasteiger partial charge in [0.05, 0.1) is 0 Å². The van der Waals surface area contributed by atoms with Crippen molar-refractivity contribution in [3.63, 3.8) is 0 Å². The van der Waals surface area contributed by atoms with Gasteiger partial charge in [-0.15, -0.1) is 5.73 Å². The summed E-state index contributed by atoms with van der Waals surface area (Å²) in [6.07, 6.45) is 3.80. The molecule has 0 unspecified atom stereocenters. The predicted octanol–water partition coefficient (Wildman–Crippen LogP) is 2.97. The molecule has 0 aliphatic carbocycles. The summed E-state index contributed by atoms with van der Waals surface area (Å²) in [5, 5.41) is 1.22. The Labute approximate surface area is 71.0 Å². The van der Waals surface area contributed by atoms with Crippen LogP contribution in [0.15, 0.2) is 42.8 Å². The lowest BCUT2D eigenvalue weighted by molar-refractivity contribution is 1.48. The zero-order chi connectivity index (χ0) is 8.39. The lowest BCUT2D eigenvalue weighted by Crippen LogP contribution is -1.70. The predicted molar refractivity (Wildman–Crippen MR) is 51.9 cm³/mol. The van der Waals surface area contributed by atoms with Crippen LogP contribution in [0.1, 0.15) is 5.56 Å². The Morgan fingerprint density at radius 2 is 2.25 bits per heavy atom. The molecule has 0 aliphatic heterocycles. The molecule has 1 nitrogen and oxygen atoms in total. The molecule has 0 fully saturated rings. The van der Waals surface area contributed by atoms with E-state index in [-0.39, 0.29) is 0 Å². The molecule has 0 saturated heterocycles. The van der Waals surface area contributed by atoms with E-state index < -0.39 is 0 Å². The smallest absolute Gasteiger partial charge is 0.0454 e. The molecular formula is C11H9N. The lowest BCUT2D eigenvalue weighted by atomic mass is 10.1. The minimum Gasteiger partial charge on any atom is -0.361 e. The maximum atomic E-state index is 3.54. The second-order valence-corrected chi connectivity index (χ2v) is 2.67. The molecule has 2 rings (SSSR count). The van der Waals surface area contributed by atoms with Gasteiger partial charge in [-0.1, -0.05) is 12.6 Å². The summed E-state index contributed by atoms with van der Waals surface area (Å²) in [6.45, 7) is 3.54. The van der Waals surface area contributed by atoms with Crippen LogP contribution in [0.25, 0.3) is 17.0 Å². The van der Waals surface area contributed by atoms with Crippen LogP contribution in [-0.4, -0.2) is 4.98 Å². The Bertz CT molecular complexity index is 445. The van der Waals surface area contributed by atoms with E-state index >= 15 is 0 Å². The minimum absolute atomic E-state index is 1.14. The number of H-pyrrole nitrogens is 1. The van der Waals surface area contributed by atoms with Gasteiger partial charge in [0.2, 0.25) is 0 Å². The van der Waals surface area contributed by atoms with E-state index in [1.54, 1.807) is 0 Å². The summed E-state index contributed by atoms with van der Waals surface area (Å²) in [7, 11) is 0. The zero-order valence-corrected chi connectivity index (χ0v) is 6.67. The first-order valence-corrected chi connectivity index (χ1v) is 3.83. The number of rotatable bonds is 1. The van der Waals surface area contributed by atoms with Crippen molar-refractivity contribution in [1.82, 2.24) is 4.98 Å². The number of hydrogen-bond donors (Lipinski definition) is 1. The summed E-state index contributed by atoms with van der Waals surface area (Å²) < 4.78 is 0. The van der Waals surface area contributed by atoms with Crippen LogP contribution in [-0.2, 0) is 0 Å². The summed E-state index contributed by atoms with van der Waals surface area (Å²) in [4.78, 5) is 3.14. The first-order chi connectivity index (χ1) is 5.90. The van der Waals surface area contributed by atoms with Gasteiger partial charge in [-0.25, -0.2) is 0 Å². The number of benzene rings is 1. The van der Waals surface area contributed by atoms with Gasteiger partial charge in [-0.3, -0.25) is 0 Å². The van der Waals surface area contributed by atoms with Gasteiger partial charge in [0.25, 0.3) is 0 Å². The van der Waals surface area contributed by atoms with Gasteiger partial charge >= 0.3 is 0 Å². The van der Waals surface area contributed by atoms with Crippen LogP contribution in [0.2, 0.25) is 0 Å². The Balaban J connectivity index is 2.67. The van der Waals surface area contributed by atoms with E-state index in [2.05, 4.69) is 35.5 Å². The maximum absolute atomic E-state index is 3.54. The van der Waals surface area contributed by atoms with Crippen molar-refractivity contribution in [3.05, 3.63) is 48.3 Å². The van der Waals surface area contributed by atoms with Gasteiger partial charge in [-0.2, -0.15) is 0 Å². The third-order valence-corrected chi connectivity index (χ3v) is 1.85. The van der Waals surface area contributed by atoms with E-state index in [0.29, 0.717) is 0 Å². The van der Waals surface area contributed by atoms with Crippen LogP contribution in [0.4, 0.5) is 0 Å². The third-order valence-electron chi connectivity index (χ3n) is 1.85. The number of nitrogens with one attached hydrogen (secondary N) is 1. The van der Waals surface area contributed by atoms with Crippen LogP contribution < -0.4 is 0 Å². The topological polar surface area (TPSA) is 15.8 Å².